The lowest BCUT2D eigenvalue weighted by molar-refractivity contribution is -0.0830. The third-order valence-electron chi connectivity index (χ3n) is 5.38. The zero-order valence-corrected chi connectivity index (χ0v) is 17.4. The van der Waals surface area contributed by atoms with E-state index in [9.17, 15) is 4.79 Å². The monoisotopic (exact) mass is 430 g/mol. The highest BCUT2D eigenvalue weighted by Crippen LogP contribution is 2.33. The van der Waals surface area contributed by atoms with Gasteiger partial charge in [0.2, 0.25) is 5.88 Å². The quantitative estimate of drug-likeness (QED) is 0.509. The SMILES string of the molecule is COc1ncc(-c2ccc3nc(N)cn3c2)cc1NC(=O)N1OCCC1c1ccccc1. The first-order chi connectivity index (χ1) is 15.6. The van der Waals surface area contributed by atoms with Crippen LogP contribution >= 0.6 is 0 Å². The van der Waals surface area contributed by atoms with Crippen LogP contribution in [0.5, 0.6) is 5.88 Å². The zero-order valence-electron chi connectivity index (χ0n) is 17.4. The first-order valence-corrected chi connectivity index (χ1v) is 10.2. The number of anilines is 2. The summed E-state index contributed by atoms with van der Waals surface area (Å²) < 4.78 is 7.21. The Balaban J connectivity index is 1.43. The minimum atomic E-state index is -0.383. The van der Waals surface area contributed by atoms with E-state index in [0.29, 0.717) is 24.0 Å². The Hall–Kier alpha value is -4.11. The first kappa shape index (κ1) is 19.8. The van der Waals surface area contributed by atoms with E-state index >= 15 is 0 Å². The van der Waals surface area contributed by atoms with Crippen LogP contribution in [-0.2, 0) is 4.84 Å². The number of fused-ring (bicyclic) bond motifs is 1. The number of carbonyl (C=O) groups is 1. The van der Waals surface area contributed by atoms with Crippen molar-refractivity contribution >= 4 is 23.2 Å². The molecular weight excluding hydrogens is 408 g/mol. The largest absolute Gasteiger partial charge is 0.480 e. The van der Waals surface area contributed by atoms with Gasteiger partial charge in [0.15, 0.2) is 0 Å². The molecule has 1 unspecified atom stereocenters. The summed E-state index contributed by atoms with van der Waals surface area (Å²) in [6.07, 6.45) is 6.06. The van der Waals surface area contributed by atoms with Crippen molar-refractivity contribution in [2.24, 2.45) is 0 Å². The summed E-state index contributed by atoms with van der Waals surface area (Å²) >= 11 is 0. The Morgan fingerprint density at radius 1 is 1.19 bits per heavy atom. The average molecular weight is 430 g/mol. The van der Waals surface area contributed by atoms with E-state index in [4.69, 9.17) is 15.3 Å². The van der Waals surface area contributed by atoms with Crippen LogP contribution in [0.2, 0.25) is 0 Å². The number of nitrogen functional groups attached to an aromatic ring is 1. The Bertz CT molecular complexity index is 1270. The number of nitrogens with one attached hydrogen (secondary N) is 1. The number of carbonyl (C=O) groups excluding carboxylic acids is 1. The molecule has 9 nitrogen and oxygen atoms in total. The molecule has 1 aliphatic heterocycles. The maximum absolute atomic E-state index is 13.1. The lowest BCUT2D eigenvalue weighted by Crippen LogP contribution is -2.33. The Kier molecular flexibility index (Phi) is 5.08. The van der Waals surface area contributed by atoms with Gasteiger partial charge in [-0.05, 0) is 23.8 Å². The number of hydroxylamine groups is 2. The van der Waals surface area contributed by atoms with Crippen molar-refractivity contribution < 1.29 is 14.4 Å². The number of amides is 2. The summed E-state index contributed by atoms with van der Waals surface area (Å²) in [5, 5.41) is 4.27. The van der Waals surface area contributed by atoms with E-state index < -0.39 is 0 Å². The van der Waals surface area contributed by atoms with E-state index in [1.165, 1.54) is 12.2 Å². The van der Waals surface area contributed by atoms with Crippen molar-refractivity contribution in [3.63, 3.8) is 0 Å². The molecule has 4 aromatic rings. The third-order valence-corrected chi connectivity index (χ3v) is 5.38. The van der Waals surface area contributed by atoms with Gasteiger partial charge in [-0.15, -0.1) is 0 Å². The van der Waals surface area contributed by atoms with Gasteiger partial charge in [0.05, 0.1) is 26.0 Å². The highest BCUT2D eigenvalue weighted by Gasteiger charge is 2.32. The summed E-state index contributed by atoms with van der Waals surface area (Å²) in [6.45, 7) is 0.469. The molecule has 2 amide bonds. The van der Waals surface area contributed by atoms with Crippen molar-refractivity contribution in [1.29, 1.82) is 0 Å². The van der Waals surface area contributed by atoms with E-state index in [-0.39, 0.29) is 12.1 Å². The molecular formula is C23H22N6O3. The first-order valence-electron chi connectivity index (χ1n) is 10.2. The molecule has 3 N–H and O–H groups in total. The van der Waals surface area contributed by atoms with Crippen LogP contribution in [-0.4, -0.2) is 39.2 Å². The minimum Gasteiger partial charge on any atom is -0.480 e. The molecule has 1 aliphatic rings. The number of pyridine rings is 2. The fourth-order valence-electron chi connectivity index (χ4n) is 3.86. The molecule has 162 valence electrons. The standard InChI is InChI=1S/C23H22N6O3/c1-31-22-18(26-23(30)29-19(9-10-32-29)15-5-3-2-4-6-15)11-17(12-25-22)16-7-8-21-27-20(24)14-28(21)13-16/h2-8,11-14,19H,9-10,24H2,1H3,(H,26,30). The number of nitrogens with zero attached hydrogens (tertiary/aromatic N) is 4. The number of urea groups is 1. The lowest BCUT2D eigenvalue weighted by Gasteiger charge is -2.23. The Labute approximate surface area is 184 Å². The zero-order chi connectivity index (χ0) is 22.1. The van der Waals surface area contributed by atoms with Crippen LogP contribution in [0, 0.1) is 0 Å². The minimum absolute atomic E-state index is 0.160. The number of rotatable bonds is 4. The lowest BCUT2D eigenvalue weighted by atomic mass is 10.1. The Morgan fingerprint density at radius 2 is 2.03 bits per heavy atom. The Morgan fingerprint density at radius 3 is 2.84 bits per heavy atom. The number of hydrogen-bond acceptors (Lipinski definition) is 6. The average Bonchev–Trinajstić information content (AvgIpc) is 3.45. The van der Waals surface area contributed by atoms with Crippen LogP contribution in [0.3, 0.4) is 0 Å². The van der Waals surface area contributed by atoms with Crippen LogP contribution in [0.4, 0.5) is 16.3 Å². The van der Waals surface area contributed by atoms with Gasteiger partial charge in [0, 0.05) is 29.9 Å². The number of methoxy groups -OCH3 is 1. The molecule has 1 atom stereocenters. The summed E-state index contributed by atoms with van der Waals surface area (Å²) in [5.74, 6) is 0.757. The molecule has 0 spiro atoms. The summed E-state index contributed by atoms with van der Waals surface area (Å²) in [7, 11) is 1.51. The predicted molar refractivity (Wildman–Crippen MR) is 120 cm³/mol. The van der Waals surface area contributed by atoms with Gasteiger partial charge in [-0.1, -0.05) is 30.3 Å². The van der Waals surface area contributed by atoms with Crippen molar-refractivity contribution in [3.8, 4) is 17.0 Å². The summed E-state index contributed by atoms with van der Waals surface area (Å²) in [5.41, 5.74) is 9.69. The van der Waals surface area contributed by atoms with Gasteiger partial charge in [-0.2, -0.15) is 5.06 Å². The molecule has 3 aromatic heterocycles. The van der Waals surface area contributed by atoms with Crippen LogP contribution < -0.4 is 15.8 Å². The van der Waals surface area contributed by atoms with E-state index in [1.807, 2.05) is 59.1 Å². The molecule has 0 radical (unpaired) electrons. The molecule has 0 aliphatic carbocycles. The van der Waals surface area contributed by atoms with Gasteiger partial charge in [-0.3, -0.25) is 4.84 Å². The number of aromatic nitrogens is 3. The maximum atomic E-state index is 13.1. The van der Waals surface area contributed by atoms with E-state index in [1.54, 1.807) is 12.4 Å². The van der Waals surface area contributed by atoms with Crippen LogP contribution in [0.1, 0.15) is 18.0 Å². The fourth-order valence-corrected chi connectivity index (χ4v) is 3.86. The normalized spacial score (nSPS) is 15.8. The van der Waals surface area contributed by atoms with Gasteiger partial charge in [-0.25, -0.2) is 14.8 Å². The van der Waals surface area contributed by atoms with Gasteiger partial charge >= 0.3 is 6.03 Å². The van der Waals surface area contributed by atoms with Crippen molar-refractivity contribution in [2.75, 3.05) is 24.8 Å². The van der Waals surface area contributed by atoms with E-state index in [0.717, 1.165) is 28.8 Å². The summed E-state index contributed by atoms with van der Waals surface area (Å²) in [6, 6.07) is 14.9. The molecule has 32 heavy (non-hydrogen) atoms. The molecule has 0 bridgehead atoms. The van der Waals surface area contributed by atoms with Crippen LogP contribution in [0.15, 0.2) is 67.1 Å². The molecule has 1 saturated heterocycles. The molecule has 9 heteroatoms. The number of benzene rings is 1. The topological polar surface area (TPSA) is 107 Å². The fraction of sp³-hybridized carbons (Fsp3) is 0.174. The highest BCUT2D eigenvalue weighted by molar-refractivity contribution is 5.91. The summed E-state index contributed by atoms with van der Waals surface area (Å²) in [4.78, 5) is 27.3. The van der Waals surface area contributed by atoms with Crippen molar-refractivity contribution in [1.82, 2.24) is 19.4 Å². The van der Waals surface area contributed by atoms with E-state index in [2.05, 4.69) is 15.3 Å². The number of nitrogens with two attached hydrogens (primary N) is 1. The number of imidazole rings is 1. The molecule has 1 aromatic carbocycles. The smallest absolute Gasteiger partial charge is 0.346 e. The van der Waals surface area contributed by atoms with Crippen molar-refractivity contribution in [3.05, 3.63) is 72.7 Å². The highest BCUT2D eigenvalue weighted by atomic mass is 16.7. The van der Waals surface area contributed by atoms with Gasteiger partial charge in [0.1, 0.15) is 17.2 Å². The second-order valence-electron chi connectivity index (χ2n) is 7.43. The van der Waals surface area contributed by atoms with Gasteiger partial charge in [0.25, 0.3) is 0 Å². The van der Waals surface area contributed by atoms with Crippen molar-refractivity contribution in [2.45, 2.75) is 12.5 Å². The third kappa shape index (κ3) is 3.69. The number of hydrogen-bond donors (Lipinski definition) is 2. The molecule has 4 heterocycles. The maximum Gasteiger partial charge on any atom is 0.346 e. The van der Waals surface area contributed by atoms with Gasteiger partial charge < -0.3 is 20.2 Å². The predicted octanol–water partition coefficient (Wildman–Crippen LogP) is 3.90. The molecule has 0 saturated carbocycles. The second-order valence-corrected chi connectivity index (χ2v) is 7.43. The number of ether oxygens (including phenoxy) is 1. The second kappa shape index (κ2) is 8.20. The van der Waals surface area contributed by atoms with Crippen LogP contribution in [0.25, 0.3) is 16.8 Å². The molecule has 1 fully saturated rings. The molecule has 5 rings (SSSR count).